The molecule has 2 aliphatic heterocycles. The van der Waals surface area contributed by atoms with Gasteiger partial charge in [-0.1, -0.05) is 48.5 Å². The van der Waals surface area contributed by atoms with Crippen molar-refractivity contribution in [1.82, 2.24) is 9.80 Å². The molecule has 0 bridgehead atoms. The number of thioether (sulfide) groups is 1. The van der Waals surface area contributed by atoms with Crippen molar-refractivity contribution >= 4 is 23.8 Å². The third kappa shape index (κ3) is 5.45. The van der Waals surface area contributed by atoms with Crippen molar-refractivity contribution in [3.05, 3.63) is 66.2 Å². The van der Waals surface area contributed by atoms with Gasteiger partial charge in [0.1, 0.15) is 12.6 Å². The Morgan fingerprint density at radius 3 is 2.38 bits per heavy atom. The van der Waals surface area contributed by atoms with Gasteiger partial charge in [0.15, 0.2) is 0 Å². The monoisotopic (exact) mass is 454 g/mol. The molecular formula is C25H30N2O4S. The van der Waals surface area contributed by atoms with Crippen molar-refractivity contribution in [3.8, 4) is 0 Å². The maximum Gasteiger partial charge on any atom is 0.410 e. The number of amides is 2. The van der Waals surface area contributed by atoms with Crippen molar-refractivity contribution < 1.29 is 19.4 Å². The highest BCUT2D eigenvalue weighted by Crippen LogP contribution is 2.29. The Bertz CT molecular complexity index is 895. The summed E-state index contributed by atoms with van der Waals surface area (Å²) in [6.45, 7) is 1.34. The van der Waals surface area contributed by atoms with E-state index in [2.05, 4.69) is 0 Å². The molecule has 0 aliphatic carbocycles. The minimum atomic E-state index is -0.605. The Morgan fingerprint density at radius 2 is 1.62 bits per heavy atom. The molecule has 1 N–H and O–H groups in total. The molecule has 2 aromatic carbocycles. The van der Waals surface area contributed by atoms with Crippen LogP contribution in [0.25, 0.3) is 0 Å². The number of aliphatic hydroxyl groups is 1. The normalized spacial score (nSPS) is 21.5. The number of nitrogens with zero attached hydrogens (tertiary/aromatic N) is 2. The topological polar surface area (TPSA) is 70.1 Å². The van der Waals surface area contributed by atoms with Gasteiger partial charge in [-0.2, -0.15) is 0 Å². The minimum Gasteiger partial charge on any atom is -0.445 e. The van der Waals surface area contributed by atoms with Crippen LogP contribution in [0.1, 0.15) is 31.2 Å². The van der Waals surface area contributed by atoms with E-state index in [9.17, 15) is 14.7 Å². The number of aliphatic hydroxyl groups excluding tert-OH is 1. The molecule has 170 valence electrons. The van der Waals surface area contributed by atoms with Gasteiger partial charge in [0.2, 0.25) is 5.91 Å². The highest BCUT2D eigenvalue weighted by Gasteiger charge is 2.42. The number of benzene rings is 2. The first kappa shape index (κ1) is 22.7. The lowest BCUT2D eigenvalue weighted by Crippen LogP contribution is -2.52. The second-order valence-electron chi connectivity index (χ2n) is 8.32. The molecule has 2 amide bonds. The number of hydrogen-bond acceptors (Lipinski definition) is 5. The summed E-state index contributed by atoms with van der Waals surface area (Å²) in [7, 11) is 0. The fourth-order valence-corrected chi connectivity index (χ4v) is 5.45. The van der Waals surface area contributed by atoms with Crippen LogP contribution in [0.2, 0.25) is 0 Å². The Balaban J connectivity index is 1.34. The van der Waals surface area contributed by atoms with Gasteiger partial charge in [-0.15, -0.1) is 11.8 Å². The molecule has 0 aromatic heterocycles. The lowest BCUT2D eigenvalue weighted by atomic mass is 10.1. The molecule has 2 aliphatic rings. The van der Waals surface area contributed by atoms with Gasteiger partial charge in [-0.05, 0) is 43.4 Å². The quantitative estimate of drug-likeness (QED) is 0.642. The molecule has 3 atom stereocenters. The highest BCUT2D eigenvalue weighted by atomic mass is 32.2. The van der Waals surface area contributed by atoms with Crippen molar-refractivity contribution in [1.29, 1.82) is 0 Å². The molecule has 0 spiro atoms. The van der Waals surface area contributed by atoms with E-state index in [1.54, 1.807) is 21.6 Å². The fourth-order valence-electron chi connectivity index (χ4n) is 4.51. The molecule has 7 heteroatoms. The Morgan fingerprint density at radius 1 is 0.969 bits per heavy atom. The van der Waals surface area contributed by atoms with Crippen LogP contribution in [0.5, 0.6) is 0 Å². The summed E-state index contributed by atoms with van der Waals surface area (Å²) < 4.78 is 5.48. The van der Waals surface area contributed by atoms with Crippen LogP contribution in [0, 0.1) is 0 Å². The van der Waals surface area contributed by atoms with Crippen molar-refractivity contribution in [2.45, 2.75) is 55.4 Å². The Hall–Kier alpha value is -2.51. The van der Waals surface area contributed by atoms with Crippen LogP contribution in [0.4, 0.5) is 4.79 Å². The first-order valence-corrected chi connectivity index (χ1v) is 12.3. The average Bonchev–Trinajstić information content (AvgIpc) is 3.52. The molecule has 0 radical (unpaired) electrons. The van der Waals surface area contributed by atoms with E-state index in [1.165, 1.54) is 0 Å². The smallest absolute Gasteiger partial charge is 0.410 e. The zero-order valence-electron chi connectivity index (χ0n) is 18.1. The zero-order valence-corrected chi connectivity index (χ0v) is 19.0. The van der Waals surface area contributed by atoms with E-state index in [-0.39, 0.29) is 18.6 Å². The van der Waals surface area contributed by atoms with Crippen molar-refractivity contribution in [3.63, 3.8) is 0 Å². The van der Waals surface area contributed by atoms with Gasteiger partial charge in [0, 0.05) is 23.7 Å². The summed E-state index contributed by atoms with van der Waals surface area (Å²) in [5.74, 6) is 0.469. The van der Waals surface area contributed by atoms with Crippen LogP contribution in [-0.2, 0) is 16.1 Å². The number of ether oxygens (including phenoxy) is 1. The van der Waals surface area contributed by atoms with E-state index < -0.39 is 18.2 Å². The summed E-state index contributed by atoms with van der Waals surface area (Å²) in [6, 6.07) is 18.8. The molecule has 0 saturated carbocycles. The second kappa shape index (κ2) is 10.9. The van der Waals surface area contributed by atoms with E-state index in [0.29, 0.717) is 25.3 Å². The predicted octanol–water partition coefficient (Wildman–Crippen LogP) is 3.93. The Labute approximate surface area is 193 Å². The lowest BCUT2D eigenvalue weighted by Gasteiger charge is -2.33. The summed E-state index contributed by atoms with van der Waals surface area (Å²) >= 11 is 1.60. The van der Waals surface area contributed by atoms with Crippen LogP contribution in [-0.4, -0.2) is 63.9 Å². The zero-order chi connectivity index (χ0) is 22.3. The average molecular weight is 455 g/mol. The molecule has 4 rings (SSSR count). The van der Waals surface area contributed by atoms with E-state index in [0.717, 1.165) is 29.7 Å². The van der Waals surface area contributed by atoms with Gasteiger partial charge >= 0.3 is 6.09 Å². The van der Waals surface area contributed by atoms with Crippen LogP contribution < -0.4 is 0 Å². The van der Waals surface area contributed by atoms with Crippen molar-refractivity contribution in [2.75, 3.05) is 18.8 Å². The fraction of sp³-hybridized carbons (Fsp3) is 0.440. The van der Waals surface area contributed by atoms with Gasteiger partial charge in [-0.25, -0.2) is 4.79 Å². The van der Waals surface area contributed by atoms with Crippen molar-refractivity contribution in [2.24, 2.45) is 0 Å². The standard InChI is InChI=1S/C25H30N2O4S/c28-23(18-32-20-11-5-2-6-12-20)21-13-7-15-26(21)24(29)22-14-8-16-27(22)25(30)31-17-19-9-3-1-4-10-19/h1-6,9-12,21-23,28H,7-8,13-18H2/t21-,22-,23?/m0/s1. The van der Waals surface area contributed by atoms with Crippen LogP contribution in [0.3, 0.4) is 0 Å². The molecule has 2 aromatic rings. The van der Waals surface area contributed by atoms with Crippen LogP contribution >= 0.6 is 11.8 Å². The summed E-state index contributed by atoms with van der Waals surface area (Å²) in [5.41, 5.74) is 0.918. The molecule has 2 fully saturated rings. The summed E-state index contributed by atoms with van der Waals surface area (Å²) in [6.07, 6.45) is 2.02. The minimum absolute atomic E-state index is 0.0644. The SMILES string of the molecule is O=C(OCc1ccccc1)N1CCC[C@H]1C(=O)N1CCC[C@H]1C(O)CSc1ccccc1. The van der Waals surface area contributed by atoms with Gasteiger partial charge in [0.25, 0.3) is 0 Å². The largest absolute Gasteiger partial charge is 0.445 e. The van der Waals surface area contributed by atoms with Crippen LogP contribution in [0.15, 0.2) is 65.6 Å². The number of rotatable bonds is 7. The lowest BCUT2D eigenvalue weighted by molar-refractivity contribution is -0.138. The Kier molecular flexibility index (Phi) is 7.71. The van der Waals surface area contributed by atoms with Gasteiger partial charge in [0.05, 0.1) is 12.1 Å². The van der Waals surface area contributed by atoms with E-state index in [4.69, 9.17) is 4.74 Å². The summed E-state index contributed by atoms with van der Waals surface area (Å²) in [5, 5.41) is 10.8. The molecule has 2 saturated heterocycles. The summed E-state index contributed by atoms with van der Waals surface area (Å²) in [4.78, 5) is 30.5. The number of carbonyl (C=O) groups is 2. The third-order valence-corrected chi connectivity index (χ3v) is 7.28. The number of likely N-dealkylation sites (tertiary alicyclic amines) is 2. The molecule has 1 unspecified atom stereocenters. The van der Waals surface area contributed by atoms with Gasteiger partial charge < -0.3 is 14.7 Å². The highest BCUT2D eigenvalue weighted by molar-refractivity contribution is 7.99. The molecular weight excluding hydrogens is 424 g/mol. The van der Waals surface area contributed by atoms with E-state index in [1.807, 2.05) is 60.7 Å². The molecule has 2 heterocycles. The predicted molar refractivity (Wildman–Crippen MR) is 124 cm³/mol. The number of carbonyl (C=O) groups excluding carboxylic acids is 2. The third-order valence-electron chi connectivity index (χ3n) is 6.17. The van der Waals surface area contributed by atoms with E-state index >= 15 is 0 Å². The maximum absolute atomic E-state index is 13.4. The second-order valence-corrected chi connectivity index (χ2v) is 9.42. The number of hydrogen-bond donors (Lipinski definition) is 1. The molecule has 32 heavy (non-hydrogen) atoms. The molecule has 6 nitrogen and oxygen atoms in total. The maximum atomic E-state index is 13.4. The first-order valence-electron chi connectivity index (χ1n) is 11.3. The first-order chi connectivity index (χ1) is 15.6. The van der Waals surface area contributed by atoms with Gasteiger partial charge in [-0.3, -0.25) is 9.69 Å².